The number of Topliss-reactive ketones (excluding diaryl/α,β-unsaturated/α-hetero) is 3. The SMILES string of the molecule is Cc1ccc(CC2CCC(C(=O)c3cc4c(cc3C)C(C)C=C4C(=O)C(=O)C(C(C)C)C(C)C)CC2)cc1. The maximum atomic E-state index is 13.7. The highest BCUT2D eigenvalue weighted by molar-refractivity contribution is 6.55. The van der Waals surface area contributed by atoms with Crippen LogP contribution in [0.3, 0.4) is 0 Å². The van der Waals surface area contributed by atoms with Crippen molar-refractivity contribution in [2.45, 2.75) is 86.5 Å². The maximum absolute atomic E-state index is 13.7. The summed E-state index contributed by atoms with van der Waals surface area (Å²) in [6, 6.07) is 12.8. The number of ketones is 3. The van der Waals surface area contributed by atoms with Gasteiger partial charge in [-0.1, -0.05) is 76.6 Å². The van der Waals surface area contributed by atoms with Crippen LogP contribution in [0.5, 0.6) is 0 Å². The Kier molecular flexibility index (Phi) is 8.55. The minimum absolute atomic E-state index is 0.0240. The van der Waals surface area contributed by atoms with E-state index in [4.69, 9.17) is 0 Å². The predicted octanol–water partition coefficient (Wildman–Crippen LogP) is 8.10. The van der Waals surface area contributed by atoms with Gasteiger partial charge < -0.3 is 0 Å². The molecule has 2 aromatic rings. The molecule has 1 unspecified atom stereocenters. The third kappa shape index (κ3) is 5.77. The van der Waals surface area contributed by atoms with Crippen molar-refractivity contribution in [2.75, 3.05) is 0 Å². The second-order valence-corrected chi connectivity index (χ2v) is 12.6. The Morgan fingerprint density at radius 3 is 2.05 bits per heavy atom. The average Bonchev–Trinajstić information content (AvgIpc) is 3.19. The number of hydrogen-bond donors (Lipinski definition) is 0. The molecule has 3 heteroatoms. The standard InChI is InChI=1S/C35H44O3/c1-20(2)32(21(3)4)35(38)34(37)31-17-23(6)28-16-24(7)29(19-30(28)31)33(36)27-14-12-26(13-15-27)18-25-10-8-22(5)9-11-25/h8-11,16-17,19-21,23,26-27,32H,12-15,18H2,1-7H3. The second kappa shape index (κ2) is 11.5. The first-order chi connectivity index (χ1) is 18.0. The Morgan fingerprint density at radius 1 is 0.868 bits per heavy atom. The van der Waals surface area contributed by atoms with Crippen molar-refractivity contribution in [3.05, 3.63) is 75.9 Å². The fourth-order valence-electron chi connectivity index (χ4n) is 6.80. The zero-order chi connectivity index (χ0) is 27.7. The Balaban J connectivity index is 1.50. The van der Waals surface area contributed by atoms with Gasteiger partial charge in [0.15, 0.2) is 5.78 Å². The molecule has 3 nitrogen and oxygen atoms in total. The summed E-state index contributed by atoms with van der Waals surface area (Å²) >= 11 is 0. The van der Waals surface area contributed by atoms with Crippen LogP contribution in [0.25, 0.3) is 5.57 Å². The fraction of sp³-hybridized carbons (Fsp3) is 0.514. The summed E-state index contributed by atoms with van der Waals surface area (Å²) < 4.78 is 0. The van der Waals surface area contributed by atoms with Crippen LogP contribution in [0.2, 0.25) is 0 Å². The highest BCUT2D eigenvalue weighted by Crippen LogP contribution is 2.40. The first-order valence-corrected chi connectivity index (χ1v) is 14.5. The minimum Gasteiger partial charge on any atom is -0.294 e. The van der Waals surface area contributed by atoms with Crippen LogP contribution in [0.15, 0.2) is 42.5 Å². The van der Waals surface area contributed by atoms with Gasteiger partial charge in [0, 0.05) is 28.9 Å². The molecule has 0 bridgehead atoms. The van der Waals surface area contributed by atoms with Gasteiger partial charge in [-0.05, 0) is 92.0 Å². The zero-order valence-electron chi connectivity index (χ0n) is 24.3. The van der Waals surface area contributed by atoms with Crippen LogP contribution in [0.4, 0.5) is 0 Å². The lowest BCUT2D eigenvalue weighted by Crippen LogP contribution is -2.32. The summed E-state index contributed by atoms with van der Waals surface area (Å²) in [5.74, 6) is 0.0798. The molecule has 0 aromatic heterocycles. The lowest BCUT2D eigenvalue weighted by Gasteiger charge is -2.28. The molecule has 1 saturated carbocycles. The first kappa shape index (κ1) is 28.2. The third-order valence-corrected chi connectivity index (χ3v) is 8.93. The summed E-state index contributed by atoms with van der Waals surface area (Å²) in [6.45, 7) is 14.2. The van der Waals surface area contributed by atoms with E-state index in [-0.39, 0.29) is 41.2 Å². The van der Waals surface area contributed by atoms with Crippen LogP contribution in [-0.4, -0.2) is 17.3 Å². The molecule has 2 aromatic carbocycles. The topological polar surface area (TPSA) is 51.2 Å². The Hall–Kier alpha value is -2.81. The van der Waals surface area contributed by atoms with E-state index >= 15 is 0 Å². The van der Waals surface area contributed by atoms with E-state index in [1.54, 1.807) is 0 Å². The Labute approximate surface area is 229 Å². The molecule has 0 N–H and O–H groups in total. The summed E-state index contributed by atoms with van der Waals surface area (Å²) in [7, 11) is 0. The molecule has 1 atom stereocenters. The number of carbonyl (C=O) groups is 3. The molecule has 2 aliphatic rings. The fourth-order valence-corrected chi connectivity index (χ4v) is 6.80. The Morgan fingerprint density at radius 2 is 1.47 bits per heavy atom. The normalized spacial score (nSPS) is 21.1. The first-order valence-electron chi connectivity index (χ1n) is 14.5. The lowest BCUT2D eigenvalue weighted by atomic mass is 9.75. The van der Waals surface area contributed by atoms with Gasteiger partial charge in [-0.2, -0.15) is 0 Å². The quantitative estimate of drug-likeness (QED) is 0.252. The van der Waals surface area contributed by atoms with Crippen LogP contribution in [-0.2, 0) is 16.0 Å². The van der Waals surface area contributed by atoms with Crippen molar-refractivity contribution in [1.82, 2.24) is 0 Å². The van der Waals surface area contributed by atoms with Gasteiger partial charge in [0.1, 0.15) is 0 Å². The molecule has 0 amide bonds. The number of allylic oxidation sites excluding steroid dienone is 2. The van der Waals surface area contributed by atoms with Gasteiger partial charge in [0.05, 0.1) is 0 Å². The van der Waals surface area contributed by atoms with Crippen LogP contribution in [0.1, 0.15) is 104 Å². The van der Waals surface area contributed by atoms with E-state index < -0.39 is 5.78 Å². The number of fused-ring (bicyclic) bond motifs is 1. The van der Waals surface area contributed by atoms with Gasteiger partial charge in [-0.25, -0.2) is 0 Å². The van der Waals surface area contributed by atoms with Crippen molar-refractivity contribution in [1.29, 1.82) is 0 Å². The van der Waals surface area contributed by atoms with Crippen molar-refractivity contribution >= 4 is 22.9 Å². The lowest BCUT2D eigenvalue weighted by molar-refractivity contribution is -0.137. The van der Waals surface area contributed by atoms with Crippen molar-refractivity contribution in [3.63, 3.8) is 0 Å². The number of benzene rings is 2. The van der Waals surface area contributed by atoms with Gasteiger partial charge in [0.25, 0.3) is 0 Å². The van der Waals surface area contributed by atoms with Gasteiger partial charge in [-0.3, -0.25) is 14.4 Å². The van der Waals surface area contributed by atoms with Crippen molar-refractivity contribution < 1.29 is 14.4 Å². The van der Waals surface area contributed by atoms with E-state index in [0.29, 0.717) is 11.5 Å². The minimum atomic E-state index is -0.401. The molecule has 0 saturated heterocycles. The highest BCUT2D eigenvalue weighted by Gasteiger charge is 2.36. The summed E-state index contributed by atoms with van der Waals surface area (Å²) in [5, 5.41) is 0. The molecular formula is C35H44O3. The van der Waals surface area contributed by atoms with Crippen molar-refractivity contribution in [3.8, 4) is 0 Å². The van der Waals surface area contributed by atoms with E-state index in [1.165, 1.54) is 11.1 Å². The number of rotatable bonds is 9. The summed E-state index contributed by atoms with van der Waals surface area (Å²) in [5.41, 5.74) is 6.66. The zero-order valence-corrected chi connectivity index (χ0v) is 24.3. The molecule has 0 aliphatic heterocycles. The van der Waals surface area contributed by atoms with Gasteiger partial charge >= 0.3 is 0 Å². The monoisotopic (exact) mass is 512 g/mol. The molecule has 1 fully saturated rings. The third-order valence-electron chi connectivity index (χ3n) is 8.93. The smallest absolute Gasteiger partial charge is 0.229 e. The molecule has 2 aliphatic carbocycles. The maximum Gasteiger partial charge on any atom is 0.229 e. The molecule has 4 rings (SSSR count). The predicted molar refractivity (Wildman–Crippen MR) is 155 cm³/mol. The van der Waals surface area contributed by atoms with Crippen LogP contribution >= 0.6 is 0 Å². The second-order valence-electron chi connectivity index (χ2n) is 12.6. The van der Waals surface area contributed by atoms with E-state index in [1.807, 2.05) is 46.8 Å². The van der Waals surface area contributed by atoms with Crippen LogP contribution in [0, 0.1) is 43.4 Å². The van der Waals surface area contributed by atoms with Gasteiger partial charge in [-0.15, -0.1) is 0 Å². The molecular weight excluding hydrogens is 468 g/mol. The molecule has 0 spiro atoms. The van der Waals surface area contributed by atoms with Crippen LogP contribution < -0.4 is 0 Å². The number of carbonyl (C=O) groups excluding carboxylic acids is 3. The molecule has 0 heterocycles. The summed E-state index contributed by atoms with van der Waals surface area (Å²) in [6.07, 6.45) is 6.95. The van der Waals surface area contributed by atoms with E-state index in [0.717, 1.165) is 54.4 Å². The molecule has 202 valence electrons. The average molecular weight is 513 g/mol. The van der Waals surface area contributed by atoms with E-state index in [9.17, 15) is 14.4 Å². The van der Waals surface area contributed by atoms with Crippen molar-refractivity contribution in [2.24, 2.45) is 29.6 Å². The largest absolute Gasteiger partial charge is 0.294 e. The summed E-state index contributed by atoms with van der Waals surface area (Å²) in [4.78, 5) is 40.5. The number of aryl methyl sites for hydroxylation is 2. The highest BCUT2D eigenvalue weighted by atomic mass is 16.2. The van der Waals surface area contributed by atoms with Gasteiger partial charge in [0.2, 0.25) is 11.6 Å². The van der Waals surface area contributed by atoms with E-state index in [2.05, 4.69) is 44.2 Å². The number of hydrogen-bond acceptors (Lipinski definition) is 3. The molecule has 0 radical (unpaired) electrons. The Bertz CT molecular complexity index is 1230. The molecule has 38 heavy (non-hydrogen) atoms.